The van der Waals surface area contributed by atoms with Crippen LogP contribution in [0.15, 0.2) is 36.4 Å². The lowest BCUT2D eigenvalue weighted by molar-refractivity contribution is 0.0886. The van der Waals surface area contributed by atoms with Crippen molar-refractivity contribution in [2.24, 2.45) is 0 Å². The minimum absolute atomic E-state index is 0.0423. The molecule has 0 aliphatic heterocycles. The van der Waals surface area contributed by atoms with E-state index in [0.29, 0.717) is 6.42 Å². The van der Waals surface area contributed by atoms with Crippen molar-refractivity contribution in [2.75, 3.05) is 0 Å². The van der Waals surface area contributed by atoms with Crippen molar-refractivity contribution < 1.29 is 4.79 Å². The van der Waals surface area contributed by atoms with E-state index in [1.807, 2.05) is 24.3 Å². The maximum Gasteiger partial charge on any atom is 0.248 e. The smallest absolute Gasteiger partial charge is 0.248 e. The molecule has 0 aliphatic rings. The topological polar surface area (TPSA) is 47.8 Å². The first-order chi connectivity index (χ1) is 12.3. The quantitative estimate of drug-likeness (QED) is 0.354. The monoisotopic (exact) mass is 341 g/mol. The highest BCUT2D eigenvalue weighted by molar-refractivity contribution is 5.88. The van der Waals surface area contributed by atoms with Crippen molar-refractivity contribution in [1.82, 2.24) is 15.0 Å². The maximum atomic E-state index is 12.3. The molecule has 25 heavy (non-hydrogen) atoms. The summed E-state index contributed by atoms with van der Waals surface area (Å²) in [7, 11) is 0. The Kier molecular flexibility index (Phi) is 8.95. The molecule has 1 aromatic heterocycles. The van der Waals surface area contributed by atoms with Crippen LogP contribution in [0.4, 0.5) is 0 Å². The van der Waals surface area contributed by atoms with E-state index < -0.39 is 0 Å². The highest BCUT2D eigenvalue weighted by Crippen LogP contribution is 2.12. The van der Waals surface area contributed by atoms with Gasteiger partial charge >= 0.3 is 0 Å². The van der Waals surface area contributed by atoms with Crippen LogP contribution in [0.1, 0.15) is 82.3 Å². The number of carbonyl (C=O) groups is 1. The number of para-hydroxylation sites is 1. The first-order valence-electron chi connectivity index (χ1n) is 9.81. The maximum absolute atomic E-state index is 12.3. The van der Waals surface area contributed by atoms with Crippen LogP contribution in [-0.2, 0) is 0 Å². The minimum atomic E-state index is 0.0423. The van der Waals surface area contributed by atoms with Crippen LogP contribution in [0.25, 0.3) is 11.0 Å². The average Bonchev–Trinajstić information content (AvgIpc) is 3.06. The van der Waals surface area contributed by atoms with Gasteiger partial charge in [0.1, 0.15) is 5.52 Å². The normalized spacial score (nSPS) is 11.6. The third kappa shape index (κ3) is 6.81. The molecule has 0 unspecified atom stereocenters. The standard InChI is InChI=1S/C21H31N3O/c1-2-3-4-5-6-7-8-9-10-11-12-13-18-21(25)24-20-17-15-14-16-19(20)22-23-24/h7-8,14-17H,2-6,9-13,18H2,1H3/b8-7+. The van der Waals surface area contributed by atoms with Gasteiger partial charge in [-0.3, -0.25) is 4.79 Å². The zero-order chi connectivity index (χ0) is 17.7. The molecule has 4 nitrogen and oxygen atoms in total. The number of allylic oxidation sites excluding steroid dienone is 2. The number of carbonyl (C=O) groups excluding carboxylic acids is 1. The van der Waals surface area contributed by atoms with Gasteiger partial charge in [0.15, 0.2) is 0 Å². The molecule has 0 aliphatic carbocycles. The van der Waals surface area contributed by atoms with Gasteiger partial charge in [-0.15, -0.1) is 5.10 Å². The van der Waals surface area contributed by atoms with Gasteiger partial charge in [0.25, 0.3) is 0 Å². The van der Waals surface area contributed by atoms with Gasteiger partial charge in [-0.1, -0.05) is 68.5 Å². The summed E-state index contributed by atoms with van der Waals surface area (Å²) in [5, 5.41) is 8.01. The highest BCUT2D eigenvalue weighted by Gasteiger charge is 2.10. The van der Waals surface area contributed by atoms with Crippen LogP contribution in [0.2, 0.25) is 0 Å². The van der Waals surface area contributed by atoms with Crippen LogP contribution in [0.3, 0.4) is 0 Å². The predicted molar refractivity (Wildman–Crippen MR) is 104 cm³/mol. The molecule has 0 radical (unpaired) electrons. The summed E-state index contributed by atoms with van der Waals surface area (Å²) in [5.74, 6) is 0.0423. The lowest BCUT2D eigenvalue weighted by Gasteiger charge is -2.01. The Labute approximate surface area is 151 Å². The molecule has 2 rings (SSSR count). The minimum Gasteiger partial charge on any atom is -0.273 e. The number of rotatable bonds is 12. The molecule has 0 amide bonds. The van der Waals surface area contributed by atoms with Crippen molar-refractivity contribution in [3.63, 3.8) is 0 Å². The van der Waals surface area contributed by atoms with Gasteiger partial charge in [0, 0.05) is 6.42 Å². The number of aromatic nitrogens is 3. The summed E-state index contributed by atoms with van der Waals surface area (Å²) in [5.41, 5.74) is 1.58. The molecule has 0 bridgehead atoms. The van der Waals surface area contributed by atoms with Gasteiger partial charge in [-0.2, -0.15) is 4.68 Å². The molecule has 1 aromatic carbocycles. The number of hydrogen-bond acceptors (Lipinski definition) is 3. The van der Waals surface area contributed by atoms with E-state index in [9.17, 15) is 4.79 Å². The van der Waals surface area contributed by atoms with Gasteiger partial charge in [-0.25, -0.2) is 0 Å². The number of unbranched alkanes of at least 4 members (excludes halogenated alkanes) is 8. The van der Waals surface area contributed by atoms with Gasteiger partial charge in [-0.05, 0) is 44.2 Å². The fourth-order valence-electron chi connectivity index (χ4n) is 2.98. The molecular formula is C21H31N3O. The highest BCUT2D eigenvalue weighted by atomic mass is 16.2. The van der Waals surface area contributed by atoms with Gasteiger partial charge < -0.3 is 0 Å². The molecule has 0 spiro atoms. The fraction of sp³-hybridized carbons (Fsp3) is 0.571. The lowest BCUT2D eigenvalue weighted by Crippen LogP contribution is -2.12. The second kappa shape index (κ2) is 11.6. The Morgan fingerprint density at radius 1 is 0.960 bits per heavy atom. The first-order valence-corrected chi connectivity index (χ1v) is 9.81. The van der Waals surface area contributed by atoms with Gasteiger partial charge in [0.2, 0.25) is 5.91 Å². The summed E-state index contributed by atoms with van der Waals surface area (Å²) in [4.78, 5) is 12.3. The molecule has 0 saturated heterocycles. The van der Waals surface area contributed by atoms with Crippen molar-refractivity contribution in [3.8, 4) is 0 Å². The molecule has 136 valence electrons. The zero-order valence-corrected chi connectivity index (χ0v) is 15.5. The van der Waals surface area contributed by atoms with Crippen LogP contribution < -0.4 is 0 Å². The summed E-state index contributed by atoms with van der Waals surface area (Å²) in [6, 6.07) is 7.59. The van der Waals surface area contributed by atoms with Crippen molar-refractivity contribution in [2.45, 2.75) is 77.6 Å². The molecular weight excluding hydrogens is 310 g/mol. The number of fused-ring (bicyclic) bond motifs is 1. The Balaban J connectivity index is 1.53. The van der Waals surface area contributed by atoms with Crippen LogP contribution >= 0.6 is 0 Å². The Hall–Kier alpha value is -1.97. The summed E-state index contributed by atoms with van der Waals surface area (Å²) < 4.78 is 1.44. The molecule has 1 heterocycles. The summed E-state index contributed by atoms with van der Waals surface area (Å²) in [6.07, 6.45) is 17.3. The average molecular weight is 341 g/mol. The molecule has 0 fully saturated rings. The van der Waals surface area contributed by atoms with E-state index in [2.05, 4.69) is 29.4 Å². The van der Waals surface area contributed by atoms with Crippen molar-refractivity contribution in [3.05, 3.63) is 36.4 Å². The number of hydrogen-bond donors (Lipinski definition) is 0. The van der Waals surface area contributed by atoms with Gasteiger partial charge in [0.05, 0.1) is 5.52 Å². The van der Waals surface area contributed by atoms with Crippen molar-refractivity contribution >= 4 is 16.9 Å². The van der Waals surface area contributed by atoms with E-state index in [-0.39, 0.29) is 5.91 Å². The molecule has 0 N–H and O–H groups in total. The summed E-state index contributed by atoms with van der Waals surface area (Å²) >= 11 is 0. The SMILES string of the molecule is CCCCCC/C=C/CCCCCCC(=O)n1nnc2ccccc21. The third-order valence-electron chi connectivity index (χ3n) is 4.49. The second-order valence-electron chi connectivity index (χ2n) is 6.66. The first kappa shape index (κ1) is 19.4. The third-order valence-corrected chi connectivity index (χ3v) is 4.49. The van der Waals surface area contributed by atoms with Crippen LogP contribution in [-0.4, -0.2) is 20.9 Å². The van der Waals surface area contributed by atoms with Crippen LogP contribution in [0.5, 0.6) is 0 Å². The van der Waals surface area contributed by atoms with Crippen molar-refractivity contribution in [1.29, 1.82) is 0 Å². The summed E-state index contributed by atoms with van der Waals surface area (Å²) in [6.45, 7) is 2.25. The number of nitrogens with zero attached hydrogens (tertiary/aromatic N) is 3. The molecule has 0 atom stereocenters. The molecule has 2 aromatic rings. The largest absolute Gasteiger partial charge is 0.273 e. The Morgan fingerprint density at radius 3 is 2.40 bits per heavy atom. The Bertz CT molecular complexity index is 660. The van der Waals surface area contributed by atoms with E-state index in [4.69, 9.17) is 0 Å². The lowest BCUT2D eigenvalue weighted by atomic mass is 10.1. The second-order valence-corrected chi connectivity index (χ2v) is 6.66. The van der Waals surface area contributed by atoms with Crippen LogP contribution in [0, 0.1) is 0 Å². The predicted octanol–water partition coefficient (Wildman–Crippen LogP) is 5.94. The van der Waals surface area contributed by atoms with E-state index in [0.717, 1.165) is 30.3 Å². The molecule has 0 saturated carbocycles. The zero-order valence-electron chi connectivity index (χ0n) is 15.5. The van der Waals surface area contributed by atoms with E-state index >= 15 is 0 Å². The Morgan fingerprint density at radius 2 is 1.64 bits per heavy atom. The van der Waals surface area contributed by atoms with E-state index in [1.54, 1.807) is 0 Å². The molecule has 4 heteroatoms. The fourth-order valence-corrected chi connectivity index (χ4v) is 2.98. The van der Waals surface area contributed by atoms with E-state index in [1.165, 1.54) is 49.6 Å². The number of benzene rings is 1.